The average Bonchev–Trinajstić information content (AvgIpc) is 2.26. The van der Waals surface area contributed by atoms with Gasteiger partial charge in [0.1, 0.15) is 0 Å². The maximum atomic E-state index is 10.3. The zero-order chi connectivity index (χ0) is 17.3. The number of hydrogen-bond donors (Lipinski definition) is 0. The molecule has 5 heteroatoms. The van der Waals surface area contributed by atoms with Crippen molar-refractivity contribution in [3.63, 3.8) is 0 Å². The Bertz CT molecular complexity index is 340. The Morgan fingerprint density at radius 1 is 0.727 bits per heavy atom. The summed E-state index contributed by atoms with van der Waals surface area (Å²) in [5.41, 5.74) is -1.32. The second kappa shape index (κ2) is 11.2. The molecule has 0 spiro atoms. The van der Waals surface area contributed by atoms with Crippen LogP contribution in [0.5, 0.6) is 0 Å². The van der Waals surface area contributed by atoms with Gasteiger partial charge in [-0.2, -0.15) is 0 Å². The van der Waals surface area contributed by atoms with Crippen LogP contribution in [0, 0.1) is 0 Å². The maximum absolute atomic E-state index is 10.3. The van der Waals surface area contributed by atoms with E-state index in [0.717, 1.165) is 5.56 Å². The van der Waals surface area contributed by atoms with Crippen molar-refractivity contribution >= 4 is 17.4 Å². The Balaban J connectivity index is -0.000000279. The predicted octanol–water partition coefficient (Wildman–Crippen LogP) is 1.12. The molecule has 0 unspecified atom stereocenters. The molecule has 0 radical (unpaired) electrons. The van der Waals surface area contributed by atoms with Crippen molar-refractivity contribution in [1.29, 1.82) is 0 Å². The van der Waals surface area contributed by atoms with Gasteiger partial charge in [-0.25, -0.2) is 0 Å². The van der Waals surface area contributed by atoms with Crippen molar-refractivity contribution in [3.05, 3.63) is 35.9 Å². The number of rotatable bonds is 2. The van der Waals surface area contributed by atoms with E-state index in [-0.39, 0.29) is 17.4 Å². The molecule has 124 valence electrons. The van der Waals surface area contributed by atoms with Crippen molar-refractivity contribution in [3.8, 4) is 0 Å². The van der Waals surface area contributed by atoms with Gasteiger partial charge in [-0.3, -0.25) is 0 Å². The first-order valence-electron chi connectivity index (χ1n) is 6.94. The minimum Gasteiger partial charge on any atom is -0.850 e. The van der Waals surface area contributed by atoms with Gasteiger partial charge < -0.3 is 20.4 Å². The topological polar surface area (TPSA) is 78.4 Å². The molecule has 0 aliphatic heterocycles. The molecule has 0 fully saturated rings. The SMILES string of the molecule is CC(C)(C)[O-].CC(C)(C)[O-].CC(C)(O[O-])c1ccccc1.[Al+3]. The summed E-state index contributed by atoms with van der Waals surface area (Å²) in [5.74, 6) is 0. The van der Waals surface area contributed by atoms with E-state index < -0.39 is 16.8 Å². The molecule has 1 aromatic carbocycles. The van der Waals surface area contributed by atoms with E-state index in [1.807, 2.05) is 30.3 Å². The van der Waals surface area contributed by atoms with E-state index in [0.29, 0.717) is 0 Å². The third-order valence-corrected chi connectivity index (χ3v) is 1.68. The molecule has 0 saturated heterocycles. The predicted molar refractivity (Wildman–Crippen MR) is 85.8 cm³/mol. The van der Waals surface area contributed by atoms with E-state index in [1.165, 1.54) is 0 Å². The second-order valence-electron chi connectivity index (χ2n) is 7.18. The van der Waals surface area contributed by atoms with Crippen LogP contribution in [0.3, 0.4) is 0 Å². The van der Waals surface area contributed by atoms with E-state index in [2.05, 4.69) is 4.89 Å². The number of hydrogen-bond acceptors (Lipinski definition) is 4. The Morgan fingerprint density at radius 3 is 1.23 bits per heavy atom. The zero-order valence-corrected chi connectivity index (χ0v) is 16.3. The molecular weight excluding hydrogens is 295 g/mol. The fraction of sp³-hybridized carbons (Fsp3) is 0.647. The van der Waals surface area contributed by atoms with E-state index in [1.54, 1.807) is 55.4 Å². The van der Waals surface area contributed by atoms with Gasteiger partial charge in [0, 0.05) is 0 Å². The minimum atomic E-state index is -0.750. The average molecular weight is 324 g/mol. The number of benzene rings is 1. The van der Waals surface area contributed by atoms with Gasteiger partial charge in [0.25, 0.3) is 0 Å². The van der Waals surface area contributed by atoms with E-state index in [4.69, 9.17) is 0 Å². The molecule has 1 aromatic rings. The Labute approximate surface area is 146 Å². The normalized spacial score (nSPS) is 11.2. The molecule has 22 heavy (non-hydrogen) atoms. The molecule has 0 saturated carbocycles. The van der Waals surface area contributed by atoms with Crippen molar-refractivity contribution in [2.75, 3.05) is 0 Å². The molecule has 0 aromatic heterocycles. The third kappa shape index (κ3) is 24.6. The van der Waals surface area contributed by atoms with Gasteiger partial charge in [0.15, 0.2) is 0 Å². The molecule has 4 nitrogen and oxygen atoms in total. The Morgan fingerprint density at radius 2 is 1.00 bits per heavy atom. The minimum absolute atomic E-state index is 0. The van der Waals surface area contributed by atoms with Crippen molar-refractivity contribution < 1.29 is 20.4 Å². The van der Waals surface area contributed by atoms with Crippen LogP contribution >= 0.6 is 0 Å². The fourth-order valence-corrected chi connectivity index (χ4v) is 0.888. The van der Waals surface area contributed by atoms with Crippen LogP contribution < -0.4 is 15.5 Å². The molecule has 1 rings (SSSR count). The molecule has 0 aliphatic rings. The fourth-order valence-electron chi connectivity index (χ4n) is 0.888. The first-order chi connectivity index (χ1) is 9.17. The van der Waals surface area contributed by atoms with Crippen LogP contribution in [0.4, 0.5) is 0 Å². The van der Waals surface area contributed by atoms with Crippen molar-refractivity contribution in [2.45, 2.75) is 72.2 Å². The van der Waals surface area contributed by atoms with Gasteiger partial charge in [-0.1, -0.05) is 71.9 Å². The Kier molecular flexibility index (Phi) is 13.5. The molecule has 0 atom stereocenters. The summed E-state index contributed by atoms with van der Waals surface area (Å²) in [6.45, 7) is 13.3. The van der Waals surface area contributed by atoms with Gasteiger partial charge in [0.05, 0.1) is 5.60 Å². The van der Waals surface area contributed by atoms with Crippen molar-refractivity contribution in [1.82, 2.24) is 0 Å². The van der Waals surface area contributed by atoms with Crippen LogP contribution in [-0.4, -0.2) is 28.6 Å². The summed E-state index contributed by atoms with van der Waals surface area (Å²) in [6, 6.07) is 9.42. The van der Waals surface area contributed by atoms with Gasteiger partial charge in [-0.05, 0) is 19.4 Å². The monoisotopic (exact) mass is 324 g/mol. The standard InChI is InChI=1S/C9H12O2.2C4H9O.Al/c1-9(2,11-10)8-6-4-3-5-7-8;2*1-4(2,3)5;/h3-7,10H,1-2H3;2*1-3H3;/q;2*-1;+3/p-1. The smallest absolute Gasteiger partial charge is 0.850 e. The van der Waals surface area contributed by atoms with Crippen LogP contribution in [-0.2, 0) is 10.5 Å². The summed E-state index contributed by atoms with van der Waals surface area (Å²) in [5, 5.41) is 30.5. The van der Waals surface area contributed by atoms with Crippen LogP contribution in [0.15, 0.2) is 30.3 Å². The third-order valence-electron chi connectivity index (χ3n) is 1.68. The molecule has 0 aliphatic carbocycles. The van der Waals surface area contributed by atoms with Crippen LogP contribution in [0.1, 0.15) is 61.0 Å². The van der Waals surface area contributed by atoms with Gasteiger partial charge >= 0.3 is 17.4 Å². The molecular formula is C17H29AlO4. The summed E-state index contributed by atoms with van der Waals surface area (Å²) in [6.07, 6.45) is 0. The van der Waals surface area contributed by atoms with E-state index >= 15 is 0 Å². The van der Waals surface area contributed by atoms with Gasteiger partial charge in [-0.15, -0.1) is 11.2 Å². The first-order valence-corrected chi connectivity index (χ1v) is 6.94. The zero-order valence-electron chi connectivity index (χ0n) is 15.1. The summed E-state index contributed by atoms with van der Waals surface area (Å²) in [4.78, 5) is 4.07. The Hall–Kier alpha value is -0.408. The van der Waals surface area contributed by atoms with Crippen LogP contribution in [0.25, 0.3) is 0 Å². The largest absolute Gasteiger partial charge is 3.00 e. The molecule has 0 amide bonds. The second-order valence-corrected chi connectivity index (χ2v) is 7.18. The molecule has 0 N–H and O–H groups in total. The summed E-state index contributed by atoms with van der Waals surface area (Å²) in [7, 11) is 0. The van der Waals surface area contributed by atoms with Gasteiger partial charge in [0.2, 0.25) is 0 Å². The summed E-state index contributed by atoms with van der Waals surface area (Å²) >= 11 is 0. The van der Waals surface area contributed by atoms with Crippen LogP contribution in [0.2, 0.25) is 0 Å². The van der Waals surface area contributed by atoms with E-state index in [9.17, 15) is 15.5 Å². The first kappa shape index (κ1) is 26.5. The molecule has 0 heterocycles. The maximum Gasteiger partial charge on any atom is 3.00 e. The van der Waals surface area contributed by atoms with Crippen molar-refractivity contribution in [2.24, 2.45) is 0 Å². The quantitative estimate of drug-likeness (QED) is 0.464. The molecule has 0 bridgehead atoms. The summed E-state index contributed by atoms with van der Waals surface area (Å²) < 4.78 is 0.